The maximum atomic E-state index is 5.44. The van der Waals surface area contributed by atoms with Gasteiger partial charge in [0.05, 0.1) is 21.3 Å². The van der Waals surface area contributed by atoms with Gasteiger partial charge in [0.15, 0.2) is 11.5 Å². The van der Waals surface area contributed by atoms with Crippen LogP contribution in [0.2, 0.25) is 0 Å². The van der Waals surface area contributed by atoms with E-state index >= 15 is 0 Å². The SMILES string of the molecule is CNC(c1cc(OC)c(OC)cc1OC)C(C)C. The molecule has 0 radical (unpaired) electrons. The van der Waals surface area contributed by atoms with E-state index < -0.39 is 0 Å². The third-order valence-corrected chi connectivity index (χ3v) is 3.05. The standard InChI is InChI=1S/C14H23NO3/c1-9(2)14(15-3)10-7-12(17-5)13(18-6)8-11(10)16-4/h7-9,14-15H,1-6H3. The van der Waals surface area contributed by atoms with Gasteiger partial charge in [-0.15, -0.1) is 0 Å². The molecule has 0 saturated carbocycles. The molecule has 1 atom stereocenters. The highest BCUT2D eigenvalue weighted by atomic mass is 16.5. The molecule has 1 N–H and O–H groups in total. The average Bonchev–Trinajstić information content (AvgIpc) is 2.38. The van der Waals surface area contributed by atoms with Gasteiger partial charge in [-0.25, -0.2) is 0 Å². The van der Waals surface area contributed by atoms with Crippen LogP contribution in [-0.2, 0) is 0 Å². The Hall–Kier alpha value is -1.42. The second-order valence-corrected chi connectivity index (χ2v) is 4.46. The smallest absolute Gasteiger partial charge is 0.164 e. The number of methoxy groups -OCH3 is 3. The second kappa shape index (κ2) is 6.50. The van der Waals surface area contributed by atoms with Crippen LogP contribution in [0.3, 0.4) is 0 Å². The molecule has 0 aromatic heterocycles. The topological polar surface area (TPSA) is 39.7 Å². The first-order valence-corrected chi connectivity index (χ1v) is 6.06. The Kier molecular flexibility index (Phi) is 5.28. The number of hydrogen-bond acceptors (Lipinski definition) is 4. The summed E-state index contributed by atoms with van der Waals surface area (Å²) in [5.74, 6) is 2.65. The summed E-state index contributed by atoms with van der Waals surface area (Å²) in [6, 6.07) is 4.04. The molecule has 4 nitrogen and oxygen atoms in total. The fraction of sp³-hybridized carbons (Fsp3) is 0.571. The van der Waals surface area contributed by atoms with Crippen LogP contribution >= 0.6 is 0 Å². The molecule has 102 valence electrons. The summed E-state index contributed by atoms with van der Waals surface area (Å²) in [4.78, 5) is 0. The Morgan fingerprint density at radius 1 is 0.889 bits per heavy atom. The van der Waals surface area contributed by atoms with Gasteiger partial charge in [0.1, 0.15) is 5.75 Å². The molecule has 0 spiro atoms. The van der Waals surface area contributed by atoms with Gasteiger partial charge in [-0.05, 0) is 19.0 Å². The van der Waals surface area contributed by atoms with Gasteiger partial charge in [0.25, 0.3) is 0 Å². The van der Waals surface area contributed by atoms with E-state index in [0.29, 0.717) is 17.4 Å². The van der Waals surface area contributed by atoms with Crippen molar-refractivity contribution in [1.29, 1.82) is 0 Å². The van der Waals surface area contributed by atoms with Gasteiger partial charge in [0, 0.05) is 17.7 Å². The van der Waals surface area contributed by atoms with Gasteiger partial charge in [-0.2, -0.15) is 0 Å². The lowest BCUT2D eigenvalue weighted by Gasteiger charge is -2.24. The molecular weight excluding hydrogens is 230 g/mol. The summed E-state index contributed by atoms with van der Waals surface area (Å²) in [5.41, 5.74) is 1.08. The van der Waals surface area contributed by atoms with Crippen LogP contribution in [0, 0.1) is 5.92 Å². The third kappa shape index (κ3) is 2.88. The molecule has 0 saturated heterocycles. The first kappa shape index (κ1) is 14.6. The molecule has 0 fully saturated rings. The predicted octanol–water partition coefficient (Wildman–Crippen LogP) is 2.63. The zero-order valence-electron chi connectivity index (χ0n) is 12.0. The van der Waals surface area contributed by atoms with Crippen LogP contribution in [0.15, 0.2) is 12.1 Å². The van der Waals surface area contributed by atoms with Crippen LogP contribution < -0.4 is 19.5 Å². The molecule has 18 heavy (non-hydrogen) atoms. The van der Waals surface area contributed by atoms with Crippen molar-refractivity contribution in [3.8, 4) is 17.2 Å². The number of benzene rings is 1. The van der Waals surface area contributed by atoms with Crippen molar-refractivity contribution in [3.63, 3.8) is 0 Å². The van der Waals surface area contributed by atoms with E-state index in [1.54, 1.807) is 21.3 Å². The van der Waals surface area contributed by atoms with E-state index in [4.69, 9.17) is 14.2 Å². The normalized spacial score (nSPS) is 12.4. The van der Waals surface area contributed by atoms with Crippen LogP contribution in [0.5, 0.6) is 17.2 Å². The van der Waals surface area contributed by atoms with Crippen molar-refractivity contribution in [1.82, 2.24) is 5.32 Å². The van der Waals surface area contributed by atoms with Crippen molar-refractivity contribution in [2.45, 2.75) is 19.9 Å². The van der Waals surface area contributed by atoms with Crippen molar-refractivity contribution >= 4 is 0 Å². The summed E-state index contributed by atoms with van der Waals surface area (Å²) in [5, 5.41) is 3.30. The lowest BCUT2D eigenvalue weighted by molar-refractivity contribution is 0.341. The summed E-state index contributed by atoms with van der Waals surface area (Å²) < 4.78 is 16.1. The Balaban J connectivity index is 3.32. The molecular formula is C14H23NO3. The highest BCUT2D eigenvalue weighted by molar-refractivity contribution is 5.52. The average molecular weight is 253 g/mol. The summed E-state index contributed by atoms with van der Waals surface area (Å²) in [7, 11) is 6.87. The number of nitrogens with one attached hydrogen (secondary N) is 1. The molecule has 1 rings (SSSR count). The van der Waals surface area contributed by atoms with Crippen LogP contribution in [0.25, 0.3) is 0 Å². The maximum Gasteiger partial charge on any atom is 0.164 e. The molecule has 1 unspecified atom stereocenters. The Morgan fingerprint density at radius 3 is 1.78 bits per heavy atom. The fourth-order valence-corrected chi connectivity index (χ4v) is 2.14. The molecule has 1 aromatic rings. The predicted molar refractivity (Wildman–Crippen MR) is 72.7 cm³/mol. The monoisotopic (exact) mass is 253 g/mol. The van der Waals surface area contributed by atoms with Crippen molar-refractivity contribution < 1.29 is 14.2 Å². The molecule has 0 aliphatic carbocycles. The lowest BCUT2D eigenvalue weighted by atomic mass is 9.95. The minimum Gasteiger partial charge on any atom is -0.496 e. The van der Waals surface area contributed by atoms with Crippen LogP contribution in [0.4, 0.5) is 0 Å². The Bertz CT molecular complexity index is 391. The third-order valence-electron chi connectivity index (χ3n) is 3.05. The molecule has 4 heteroatoms. The Labute approximate surface area is 109 Å². The van der Waals surface area contributed by atoms with E-state index in [-0.39, 0.29) is 6.04 Å². The zero-order valence-corrected chi connectivity index (χ0v) is 12.0. The summed E-state index contributed by atoms with van der Waals surface area (Å²) in [6.45, 7) is 4.33. The summed E-state index contributed by atoms with van der Waals surface area (Å²) >= 11 is 0. The first-order chi connectivity index (χ1) is 8.58. The van der Waals surface area contributed by atoms with Gasteiger partial charge in [-0.1, -0.05) is 13.8 Å². The lowest BCUT2D eigenvalue weighted by Crippen LogP contribution is -2.22. The van der Waals surface area contributed by atoms with Crippen molar-refractivity contribution in [2.24, 2.45) is 5.92 Å². The maximum absolute atomic E-state index is 5.44. The van der Waals surface area contributed by atoms with Gasteiger partial charge in [-0.3, -0.25) is 0 Å². The molecule has 0 heterocycles. The van der Waals surface area contributed by atoms with E-state index in [1.807, 2.05) is 19.2 Å². The van der Waals surface area contributed by atoms with Crippen molar-refractivity contribution in [2.75, 3.05) is 28.4 Å². The minimum atomic E-state index is 0.208. The Morgan fingerprint density at radius 2 is 1.39 bits per heavy atom. The van der Waals surface area contributed by atoms with E-state index in [0.717, 1.165) is 11.3 Å². The summed E-state index contributed by atoms with van der Waals surface area (Å²) in [6.07, 6.45) is 0. The largest absolute Gasteiger partial charge is 0.496 e. The fourth-order valence-electron chi connectivity index (χ4n) is 2.14. The molecule has 1 aromatic carbocycles. The van der Waals surface area contributed by atoms with E-state index in [2.05, 4.69) is 19.2 Å². The van der Waals surface area contributed by atoms with E-state index in [9.17, 15) is 0 Å². The van der Waals surface area contributed by atoms with Gasteiger partial charge < -0.3 is 19.5 Å². The van der Waals surface area contributed by atoms with Crippen molar-refractivity contribution in [3.05, 3.63) is 17.7 Å². The van der Waals surface area contributed by atoms with Gasteiger partial charge in [0.2, 0.25) is 0 Å². The highest BCUT2D eigenvalue weighted by Crippen LogP contribution is 2.39. The number of rotatable bonds is 6. The molecule has 0 aliphatic rings. The first-order valence-electron chi connectivity index (χ1n) is 6.06. The quantitative estimate of drug-likeness (QED) is 0.846. The molecule has 0 amide bonds. The molecule has 0 bridgehead atoms. The van der Waals surface area contributed by atoms with Crippen LogP contribution in [0.1, 0.15) is 25.5 Å². The number of ether oxygens (including phenoxy) is 3. The van der Waals surface area contributed by atoms with E-state index in [1.165, 1.54) is 0 Å². The van der Waals surface area contributed by atoms with Crippen LogP contribution in [-0.4, -0.2) is 28.4 Å². The highest BCUT2D eigenvalue weighted by Gasteiger charge is 2.21. The van der Waals surface area contributed by atoms with Gasteiger partial charge >= 0.3 is 0 Å². The second-order valence-electron chi connectivity index (χ2n) is 4.46. The minimum absolute atomic E-state index is 0.208. The number of hydrogen-bond donors (Lipinski definition) is 1. The zero-order chi connectivity index (χ0) is 13.7. The molecule has 0 aliphatic heterocycles.